The molecule has 5 nitrogen and oxygen atoms in total. The van der Waals surface area contributed by atoms with Crippen molar-refractivity contribution in [1.82, 2.24) is 5.16 Å². The number of aromatic nitrogens is 1. The Morgan fingerprint density at radius 2 is 2.00 bits per heavy atom. The molecule has 0 unspecified atom stereocenters. The maximum absolute atomic E-state index is 12.9. The second kappa shape index (κ2) is 9.41. The number of ether oxygens (including phenoxy) is 1. The van der Waals surface area contributed by atoms with Crippen LogP contribution in [0.2, 0.25) is 0 Å². The molecule has 0 saturated carbocycles. The number of nitrogens with zero attached hydrogens (tertiary/aromatic N) is 1. The van der Waals surface area contributed by atoms with E-state index in [-0.39, 0.29) is 11.7 Å². The maximum Gasteiger partial charge on any atom is 0.234 e. The molecule has 0 aliphatic heterocycles. The van der Waals surface area contributed by atoms with E-state index in [1.807, 2.05) is 32.0 Å². The summed E-state index contributed by atoms with van der Waals surface area (Å²) in [5, 5.41) is 6.78. The number of carbonyl (C=O) groups excluding carboxylic acids is 1. The summed E-state index contributed by atoms with van der Waals surface area (Å²) in [4.78, 5) is 12.2. The molecule has 146 valence electrons. The highest BCUT2D eigenvalue weighted by atomic mass is 32.2. The number of hydrogen-bond donors (Lipinski definition) is 1. The number of anilines is 1. The van der Waals surface area contributed by atoms with Crippen LogP contribution in [0.3, 0.4) is 0 Å². The molecule has 28 heavy (non-hydrogen) atoms. The first-order chi connectivity index (χ1) is 13.5. The van der Waals surface area contributed by atoms with Crippen molar-refractivity contribution in [3.05, 3.63) is 76.9 Å². The molecule has 1 N–H and O–H groups in total. The number of nitrogens with one attached hydrogen (secondary N) is 1. The third-order valence-electron chi connectivity index (χ3n) is 4.10. The third-order valence-corrected chi connectivity index (χ3v) is 5.06. The highest BCUT2D eigenvalue weighted by Gasteiger charge is 2.10. The van der Waals surface area contributed by atoms with E-state index < -0.39 is 0 Å². The summed E-state index contributed by atoms with van der Waals surface area (Å²) in [7, 11) is 0. The number of amides is 1. The zero-order chi connectivity index (χ0) is 19.9. The van der Waals surface area contributed by atoms with Gasteiger partial charge in [0.1, 0.15) is 23.9 Å². The number of benzene rings is 2. The van der Waals surface area contributed by atoms with E-state index in [1.54, 1.807) is 18.2 Å². The van der Waals surface area contributed by atoms with E-state index in [2.05, 4.69) is 10.5 Å². The zero-order valence-corrected chi connectivity index (χ0v) is 16.5. The van der Waals surface area contributed by atoms with Crippen molar-refractivity contribution in [2.24, 2.45) is 0 Å². The van der Waals surface area contributed by atoms with Crippen LogP contribution in [-0.4, -0.2) is 16.8 Å². The van der Waals surface area contributed by atoms with Crippen LogP contribution in [0.4, 0.5) is 10.1 Å². The fourth-order valence-electron chi connectivity index (χ4n) is 2.56. The molecule has 0 aliphatic rings. The van der Waals surface area contributed by atoms with E-state index >= 15 is 0 Å². The molecule has 0 aliphatic carbocycles. The van der Waals surface area contributed by atoms with E-state index in [0.29, 0.717) is 29.5 Å². The van der Waals surface area contributed by atoms with E-state index in [9.17, 15) is 9.18 Å². The summed E-state index contributed by atoms with van der Waals surface area (Å²) < 4.78 is 23.8. The van der Waals surface area contributed by atoms with E-state index in [1.165, 1.54) is 23.9 Å². The fraction of sp³-hybridized carbons (Fsp3) is 0.238. The van der Waals surface area contributed by atoms with Crippen LogP contribution in [0, 0.1) is 19.7 Å². The topological polar surface area (TPSA) is 64.4 Å². The number of thioether (sulfide) groups is 1. The number of hydrogen-bond acceptors (Lipinski definition) is 5. The van der Waals surface area contributed by atoms with Crippen LogP contribution in [0.15, 0.2) is 53.1 Å². The Morgan fingerprint density at radius 3 is 2.71 bits per heavy atom. The lowest BCUT2D eigenvalue weighted by atomic mass is 10.2. The van der Waals surface area contributed by atoms with Crippen molar-refractivity contribution < 1.29 is 18.4 Å². The van der Waals surface area contributed by atoms with Gasteiger partial charge in [0.2, 0.25) is 5.91 Å². The van der Waals surface area contributed by atoms with Gasteiger partial charge in [-0.25, -0.2) is 4.39 Å². The lowest BCUT2D eigenvalue weighted by molar-refractivity contribution is -0.113. The SMILES string of the molecule is Cc1noc(C)c1CSCC(=O)Nc1cccc(OCc2ccc(F)cc2)c1. The number of carbonyl (C=O) groups is 1. The average molecular weight is 400 g/mol. The van der Waals surface area contributed by atoms with E-state index in [0.717, 1.165) is 22.6 Å². The van der Waals surface area contributed by atoms with Gasteiger partial charge in [-0.1, -0.05) is 23.4 Å². The van der Waals surface area contributed by atoms with Crippen molar-refractivity contribution in [3.8, 4) is 5.75 Å². The normalized spacial score (nSPS) is 10.7. The smallest absolute Gasteiger partial charge is 0.234 e. The Hall–Kier alpha value is -2.80. The fourth-order valence-corrected chi connectivity index (χ4v) is 3.54. The Bertz CT molecular complexity index is 922. The molecular formula is C21H21FN2O3S. The predicted molar refractivity (Wildman–Crippen MR) is 108 cm³/mol. The van der Waals surface area contributed by atoms with Crippen LogP contribution in [-0.2, 0) is 17.2 Å². The summed E-state index contributed by atoms with van der Waals surface area (Å²) in [5.41, 5.74) is 3.43. The molecule has 0 atom stereocenters. The molecule has 2 aromatic carbocycles. The first-order valence-corrected chi connectivity index (χ1v) is 9.93. The second-order valence-corrected chi connectivity index (χ2v) is 7.27. The molecule has 0 fully saturated rings. The van der Waals surface area contributed by atoms with Gasteiger partial charge in [-0.05, 0) is 43.7 Å². The molecule has 0 saturated heterocycles. The lowest BCUT2D eigenvalue weighted by Crippen LogP contribution is -2.14. The Morgan fingerprint density at radius 1 is 1.21 bits per heavy atom. The number of rotatable bonds is 8. The molecule has 0 spiro atoms. The van der Waals surface area contributed by atoms with Crippen LogP contribution < -0.4 is 10.1 Å². The minimum atomic E-state index is -0.277. The Labute approximate surface area is 167 Å². The van der Waals surface area contributed by atoms with Crippen molar-refractivity contribution in [1.29, 1.82) is 0 Å². The zero-order valence-electron chi connectivity index (χ0n) is 15.7. The van der Waals surface area contributed by atoms with Gasteiger partial charge < -0.3 is 14.6 Å². The summed E-state index contributed by atoms with van der Waals surface area (Å²) in [5.74, 6) is 2.05. The summed E-state index contributed by atoms with van der Waals surface area (Å²) >= 11 is 1.51. The second-order valence-electron chi connectivity index (χ2n) is 6.29. The first kappa shape index (κ1) is 19.9. The van der Waals surface area contributed by atoms with Crippen molar-refractivity contribution >= 4 is 23.4 Å². The third kappa shape index (κ3) is 5.60. The van der Waals surface area contributed by atoms with Gasteiger partial charge in [0.05, 0.1) is 11.4 Å². The molecule has 1 aromatic heterocycles. The maximum atomic E-state index is 12.9. The lowest BCUT2D eigenvalue weighted by Gasteiger charge is -2.09. The standard InChI is InChI=1S/C21H21FN2O3S/c1-14-20(15(2)27-24-14)12-28-13-21(25)23-18-4-3-5-19(10-18)26-11-16-6-8-17(22)9-7-16/h3-10H,11-13H2,1-2H3,(H,23,25). The molecular weight excluding hydrogens is 379 g/mol. The first-order valence-electron chi connectivity index (χ1n) is 8.78. The molecule has 3 aromatic rings. The molecule has 3 rings (SSSR count). The van der Waals surface area contributed by atoms with Crippen LogP contribution in [0.1, 0.15) is 22.6 Å². The largest absolute Gasteiger partial charge is 0.489 e. The van der Waals surface area contributed by atoms with Crippen molar-refractivity contribution in [3.63, 3.8) is 0 Å². The molecule has 0 radical (unpaired) electrons. The van der Waals surface area contributed by atoms with Gasteiger partial charge in [0.15, 0.2) is 0 Å². The molecule has 7 heteroatoms. The number of halogens is 1. The highest BCUT2D eigenvalue weighted by Crippen LogP contribution is 2.21. The molecule has 1 amide bonds. The van der Waals surface area contributed by atoms with Crippen molar-refractivity contribution in [2.75, 3.05) is 11.1 Å². The van der Waals surface area contributed by atoms with Gasteiger partial charge in [-0.2, -0.15) is 0 Å². The van der Waals surface area contributed by atoms with E-state index in [4.69, 9.17) is 9.26 Å². The summed E-state index contributed by atoms with van der Waals surface area (Å²) in [6, 6.07) is 13.3. The Balaban J connectivity index is 1.48. The molecule has 1 heterocycles. The van der Waals surface area contributed by atoms with Gasteiger partial charge in [0, 0.05) is 23.1 Å². The van der Waals surface area contributed by atoms with Crippen LogP contribution >= 0.6 is 11.8 Å². The Kier molecular flexibility index (Phi) is 6.71. The van der Waals surface area contributed by atoms with Gasteiger partial charge in [0.25, 0.3) is 0 Å². The highest BCUT2D eigenvalue weighted by molar-refractivity contribution is 7.99. The van der Waals surface area contributed by atoms with Crippen molar-refractivity contribution in [2.45, 2.75) is 26.2 Å². The quantitative estimate of drug-likeness (QED) is 0.584. The average Bonchev–Trinajstić information content (AvgIpc) is 3.00. The molecule has 0 bridgehead atoms. The summed E-state index contributed by atoms with van der Waals surface area (Å²) in [6.45, 7) is 4.09. The summed E-state index contributed by atoms with van der Waals surface area (Å²) in [6.07, 6.45) is 0. The van der Waals surface area contributed by atoms with Crippen LogP contribution in [0.25, 0.3) is 0 Å². The number of aryl methyl sites for hydroxylation is 2. The minimum absolute atomic E-state index is 0.0903. The monoisotopic (exact) mass is 400 g/mol. The van der Waals surface area contributed by atoms with Gasteiger partial charge in [-0.15, -0.1) is 11.8 Å². The van der Waals surface area contributed by atoms with Crippen LogP contribution in [0.5, 0.6) is 5.75 Å². The van der Waals surface area contributed by atoms with Gasteiger partial charge >= 0.3 is 0 Å². The minimum Gasteiger partial charge on any atom is -0.489 e. The predicted octanol–water partition coefficient (Wildman–Crippen LogP) is 4.88. The van der Waals surface area contributed by atoms with Gasteiger partial charge in [-0.3, -0.25) is 4.79 Å².